The predicted octanol–water partition coefficient (Wildman–Crippen LogP) is 13.0. The van der Waals surface area contributed by atoms with Crippen LogP contribution in [0.1, 0.15) is 62.1 Å². The van der Waals surface area contributed by atoms with Crippen molar-refractivity contribution in [1.29, 1.82) is 0 Å². The molecule has 0 radical (unpaired) electrons. The van der Waals surface area contributed by atoms with Crippen LogP contribution in [0.2, 0.25) is 0 Å². The van der Waals surface area contributed by atoms with Crippen molar-refractivity contribution < 1.29 is 47.7 Å². The number of rotatable bonds is 16. The standard InChI is InChI=1S/C66H44N4O10/c71-61(39-19-7-1-8-20-39)67-31-33-69-63(73)45-35-49(77-41-23-11-3-12-24-41)55-57-51(79-43-27-15-5-16-28-43)37-47-54-48(66(76)70(65(47)75)34-32-68-62(72)40-21-9-2-10-22-40)38-52(80-44-29-17-6-18-30-44)58(60(54)57)56-50(78-42-25-13-4-14-26-42)36-46(64(69)74)53(45)59(55)56/h1-30,35-38H,31-34H2,(H,67,71)(H,68,72). The number of hydrogen-bond donors (Lipinski definition) is 2. The summed E-state index contributed by atoms with van der Waals surface area (Å²) in [5, 5.41) is 8.46. The van der Waals surface area contributed by atoms with Crippen LogP contribution in [0.15, 0.2) is 206 Å². The van der Waals surface area contributed by atoms with E-state index in [1.165, 1.54) is 0 Å². The van der Waals surface area contributed by atoms with E-state index in [9.17, 15) is 9.59 Å². The molecule has 13 rings (SSSR count). The number of imide groups is 2. The summed E-state index contributed by atoms with van der Waals surface area (Å²) in [7, 11) is 0. The second-order valence-corrected chi connectivity index (χ2v) is 19.1. The van der Waals surface area contributed by atoms with Crippen molar-refractivity contribution in [1.82, 2.24) is 20.4 Å². The highest BCUT2D eigenvalue weighted by molar-refractivity contribution is 6.44. The molecular formula is C66H44N4O10. The minimum absolute atomic E-state index is 0.0573. The Morgan fingerprint density at radius 3 is 0.800 bits per heavy atom. The molecule has 0 fully saturated rings. The molecule has 0 bridgehead atoms. The predicted molar refractivity (Wildman–Crippen MR) is 302 cm³/mol. The SMILES string of the molecule is O=C(NCCN1C(=O)c2cc(Oc3ccccc3)c3c4c(Oc5ccccc5)cc5c6c(cc(Oc7ccccc7)c(c7c(Oc8ccccc8)cc(c2c37)C1=O)c64)C(=O)N(CCNC(=O)c1ccccc1)C5=O)c1ccccc1. The maximum absolute atomic E-state index is 15.3. The zero-order chi connectivity index (χ0) is 54.4. The summed E-state index contributed by atoms with van der Waals surface area (Å²) in [5.41, 5.74) is 1.32. The lowest BCUT2D eigenvalue weighted by Gasteiger charge is -2.32. The van der Waals surface area contributed by atoms with E-state index in [-0.39, 0.29) is 94.0 Å². The quantitative estimate of drug-likeness (QED) is 0.0539. The van der Waals surface area contributed by atoms with Crippen LogP contribution >= 0.6 is 0 Å². The smallest absolute Gasteiger partial charge is 0.261 e. The van der Waals surface area contributed by atoms with Crippen molar-refractivity contribution in [3.8, 4) is 46.0 Å². The van der Waals surface area contributed by atoms with Crippen molar-refractivity contribution in [2.24, 2.45) is 0 Å². The van der Waals surface area contributed by atoms with Gasteiger partial charge in [-0.2, -0.15) is 0 Å². The number of para-hydroxylation sites is 4. The number of benzene rings is 11. The lowest BCUT2D eigenvalue weighted by Crippen LogP contribution is -2.44. The summed E-state index contributed by atoms with van der Waals surface area (Å²) in [6.45, 7) is -0.474. The Morgan fingerprint density at radius 2 is 0.550 bits per heavy atom. The largest absolute Gasteiger partial charge is 0.457 e. The van der Waals surface area contributed by atoms with Gasteiger partial charge in [0, 0.05) is 80.4 Å². The molecule has 14 heteroatoms. The van der Waals surface area contributed by atoms with Gasteiger partial charge in [-0.1, -0.05) is 109 Å². The van der Waals surface area contributed by atoms with E-state index in [0.29, 0.717) is 66.4 Å². The molecule has 0 spiro atoms. The number of amides is 6. The number of fused-ring (bicyclic) bond motifs is 2. The molecule has 80 heavy (non-hydrogen) atoms. The minimum atomic E-state index is -0.641. The van der Waals surface area contributed by atoms with Gasteiger partial charge in [-0.25, -0.2) is 0 Å². The Kier molecular flexibility index (Phi) is 12.3. The van der Waals surface area contributed by atoms with Gasteiger partial charge in [0.15, 0.2) is 0 Å². The molecule has 6 amide bonds. The topological polar surface area (TPSA) is 170 Å². The highest BCUT2D eigenvalue weighted by Gasteiger charge is 2.41. The van der Waals surface area contributed by atoms with Crippen LogP contribution in [0, 0.1) is 0 Å². The number of nitrogens with zero attached hydrogens (tertiary/aromatic N) is 2. The Labute approximate surface area is 456 Å². The van der Waals surface area contributed by atoms with E-state index in [1.54, 1.807) is 133 Å². The fraction of sp³-hybridized carbons (Fsp3) is 0.0606. The average Bonchev–Trinajstić information content (AvgIpc) is 3.44. The van der Waals surface area contributed by atoms with Gasteiger partial charge in [-0.3, -0.25) is 38.6 Å². The molecule has 14 nitrogen and oxygen atoms in total. The van der Waals surface area contributed by atoms with Gasteiger partial charge in [-0.15, -0.1) is 0 Å². The summed E-state index contributed by atoms with van der Waals surface area (Å²) in [5.74, 6) is -1.02. The van der Waals surface area contributed by atoms with Crippen molar-refractivity contribution >= 4 is 78.5 Å². The molecule has 0 aromatic heterocycles. The number of carbonyl (C=O) groups excluding carboxylic acids is 6. The first-order valence-corrected chi connectivity index (χ1v) is 25.9. The van der Waals surface area contributed by atoms with E-state index in [4.69, 9.17) is 18.9 Å². The highest BCUT2D eigenvalue weighted by Crippen LogP contribution is 2.57. The van der Waals surface area contributed by atoms with Crippen LogP contribution < -0.4 is 29.6 Å². The summed E-state index contributed by atoms with van der Waals surface area (Å²) >= 11 is 0. The zero-order valence-electron chi connectivity index (χ0n) is 42.4. The van der Waals surface area contributed by atoms with Gasteiger partial charge >= 0.3 is 0 Å². The zero-order valence-corrected chi connectivity index (χ0v) is 42.4. The molecule has 0 saturated carbocycles. The van der Waals surface area contributed by atoms with Crippen molar-refractivity contribution in [2.75, 3.05) is 26.2 Å². The third-order valence-corrected chi connectivity index (χ3v) is 14.3. The summed E-state index contributed by atoms with van der Waals surface area (Å²) in [6.07, 6.45) is 0. The van der Waals surface area contributed by atoms with E-state index in [0.717, 1.165) is 9.80 Å². The summed E-state index contributed by atoms with van der Waals surface area (Å²) in [6, 6.07) is 59.7. The molecule has 0 atom stereocenters. The molecule has 0 aliphatic carbocycles. The van der Waals surface area contributed by atoms with Gasteiger partial charge in [0.25, 0.3) is 35.4 Å². The van der Waals surface area contributed by atoms with Crippen molar-refractivity contribution in [3.63, 3.8) is 0 Å². The summed E-state index contributed by atoms with van der Waals surface area (Å²) in [4.78, 5) is 89.9. The third-order valence-electron chi connectivity index (χ3n) is 14.3. The van der Waals surface area contributed by atoms with Gasteiger partial charge in [0.2, 0.25) is 0 Å². The lowest BCUT2D eigenvalue weighted by molar-refractivity contribution is 0.0594. The second-order valence-electron chi connectivity index (χ2n) is 19.1. The Morgan fingerprint density at radius 1 is 0.312 bits per heavy atom. The number of carbonyl (C=O) groups is 6. The normalized spacial score (nSPS) is 12.8. The molecule has 2 aliphatic heterocycles. The summed E-state index contributed by atoms with van der Waals surface area (Å²) < 4.78 is 27.8. The fourth-order valence-corrected chi connectivity index (χ4v) is 10.7. The molecule has 388 valence electrons. The van der Waals surface area contributed by atoms with Gasteiger partial charge in [0.05, 0.1) is 22.3 Å². The van der Waals surface area contributed by atoms with E-state index < -0.39 is 23.6 Å². The minimum Gasteiger partial charge on any atom is -0.457 e. The fourth-order valence-electron chi connectivity index (χ4n) is 10.7. The molecule has 2 aliphatic rings. The molecular weight excluding hydrogens is 1010 g/mol. The van der Waals surface area contributed by atoms with E-state index in [2.05, 4.69) is 10.6 Å². The maximum atomic E-state index is 15.3. The molecule has 11 aromatic rings. The van der Waals surface area contributed by atoms with Crippen LogP contribution in [0.25, 0.3) is 43.1 Å². The van der Waals surface area contributed by atoms with Crippen LogP contribution in [-0.2, 0) is 0 Å². The molecule has 2 heterocycles. The van der Waals surface area contributed by atoms with Crippen LogP contribution in [0.3, 0.4) is 0 Å². The van der Waals surface area contributed by atoms with Gasteiger partial charge in [0.1, 0.15) is 46.0 Å². The Hall–Kier alpha value is -10.9. The Balaban J connectivity index is 1.11. The van der Waals surface area contributed by atoms with E-state index in [1.807, 2.05) is 72.8 Å². The third kappa shape index (κ3) is 8.57. The lowest BCUT2D eigenvalue weighted by atomic mass is 9.80. The first-order chi connectivity index (χ1) is 39.2. The molecule has 0 unspecified atom stereocenters. The van der Waals surface area contributed by atoms with Gasteiger partial charge in [-0.05, 0) is 97.1 Å². The van der Waals surface area contributed by atoms with Crippen LogP contribution in [0.5, 0.6) is 46.0 Å². The molecule has 11 aromatic carbocycles. The first-order valence-electron chi connectivity index (χ1n) is 25.9. The number of nitrogens with one attached hydrogen (secondary N) is 2. The monoisotopic (exact) mass is 1050 g/mol. The second kappa shape index (κ2) is 20.3. The van der Waals surface area contributed by atoms with Crippen molar-refractivity contribution in [3.05, 3.63) is 240 Å². The van der Waals surface area contributed by atoms with Crippen LogP contribution in [-0.4, -0.2) is 71.4 Å². The molecule has 2 N–H and O–H groups in total. The van der Waals surface area contributed by atoms with Crippen LogP contribution in [0.4, 0.5) is 0 Å². The highest BCUT2D eigenvalue weighted by atomic mass is 16.5. The molecule has 0 saturated heterocycles. The van der Waals surface area contributed by atoms with Gasteiger partial charge < -0.3 is 29.6 Å². The average molecular weight is 1050 g/mol. The first kappa shape index (κ1) is 48.8. The Bertz CT molecular complexity index is 3810. The van der Waals surface area contributed by atoms with E-state index >= 15 is 19.2 Å². The number of hydrogen-bond acceptors (Lipinski definition) is 10. The van der Waals surface area contributed by atoms with Crippen molar-refractivity contribution in [2.45, 2.75) is 0 Å². The number of ether oxygens (including phenoxy) is 4. The maximum Gasteiger partial charge on any atom is 0.261 e.